The van der Waals surface area contributed by atoms with Crippen molar-refractivity contribution in [3.05, 3.63) is 47.2 Å². The third kappa shape index (κ3) is 6.49. The van der Waals surface area contributed by atoms with Crippen LogP contribution in [0.25, 0.3) is 0 Å². The van der Waals surface area contributed by atoms with Crippen molar-refractivity contribution in [1.82, 2.24) is 29.5 Å². The van der Waals surface area contributed by atoms with Crippen molar-refractivity contribution in [2.45, 2.75) is 58.5 Å². The average Bonchev–Trinajstić information content (AvgIpc) is 3.31. The maximum absolute atomic E-state index is 13.3. The lowest BCUT2D eigenvalue weighted by Crippen LogP contribution is -2.36. The van der Waals surface area contributed by atoms with E-state index in [-0.39, 0.29) is 11.8 Å². The maximum Gasteiger partial charge on any atom is 0.422 e. The van der Waals surface area contributed by atoms with Crippen LogP contribution in [0.5, 0.6) is 5.88 Å². The molecular weight excluding hydrogens is 466 g/mol. The summed E-state index contributed by atoms with van der Waals surface area (Å²) in [5, 5.41) is 13.4. The molecule has 3 heterocycles. The van der Waals surface area contributed by atoms with Gasteiger partial charge in [0, 0.05) is 38.1 Å². The largest absolute Gasteiger partial charge is 0.468 e. The van der Waals surface area contributed by atoms with Crippen molar-refractivity contribution in [1.29, 1.82) is 0 Å². The van der Waals surface area contributed by atoms with Crippen LogP contribution in [0, 0.1) is 19.8 Å². The van der Waals surface area contributed by atoms with Gasteiger partial charge in [0.05, 0.1) is 5.69 Å². The molecule has 1 fully saturated rings. The fourth-order valence-electron chi connectivity index (χ4n) is 4.24. The van der Waals surface area contributed by atoms with Gasteiger partial charge in [-0.15, -0.1) is 10.2 Å². The molecule has 0 atom stereocenters. The Labute approximate surface area is 200 Å². The van der Waals surface area contributed by atoms with E-state index < -0.39 is 19.0 Å². The Morgan fingerprint density at radius 1 is 1.17 bits per heavy atom. The molecule has 3 aromatic rings. The molecule has 0 N–H and O–H groups in total. The Hall–Kier alpha value is -3.18. The van der Waals surface area contributed by atoms with E-state index >= 15 is 0 Å². The standard InChI is InChI=1S/C23H29F4N7O/c1-15-8-16(2)34(31-15)13-20-29-30-22(32(3)12-18-9-19(24)10-18)33(20)7-6-17-4-5-21(28-11-17)35-14-23(25,26)27/h4-5,8,11,18-19H,6-7,9-10,12-14H2,1-3H3. The van der Waals surface area contributed by atoms with Gasteiger partial charge in [-0.3, -0.25) is 9.25 Å². The second kappa shape index (κ2) is 10.2. The Balaban J connectivity index is 1.48. The molecule has 0 radical (unpaired) electrons. The smallest absolute Gasteiger partial charge is 0.422 e. The molecule has 0 bridgehead atoms. The van der Waals surface area contributed by atoms with E-state index in [1.807, 2.05) is 41.1 Å². The first-order chi connectivity index (χ1) is 16.6. The van der Waals surface area contributed by atoms with E-state index in [9.17, 15) is 17.6 Å². The fraction of sp³-hybridized carbons (Fsp3) is 0.565. The van der Waals surface area contributed by atoms with Crippen LogP contribution in [0.4, 0.5) is 23.5 Å². The first-order valence-electron chi connectivity index (χ1n) is 11.5. The molecule has 1 saturated carbocycles. The molecule has 3 aromatic heterocycles. The number of rotatable bonds is 10. The highest BCUT2D eigenvalue weighted by molar-refractivity contribution is 5.31. The Morgan fingerprint density at radius 2 is 1.94 bits per heavy atom. The minimum Gasteiger partial charge on any atom is -0.468 e. The summed E-state index contributed by atoms with van der Waals surface area (Å²) in [4.78, 5) is 5.99. The van der Waals surface area contributed by atoms with Crippen LogP contribution in [-0.4, -0.2) is 62.1 Å². The number of hydrogen-bond donors (Lipinski definition) is 0. The monoisotopic (exact) mass is 495 g/mol. The van der Waals surface area contributed by atoms with Crippen LogP contribution in [0.15, 0.2) is 24.4 Å². The number of hydrogen-bond acceptors (Lipinski definition) is 6. The molecule has 0 amide bonds. The summed E-state index contributed by atoms with van der Waals surface area (Å²) in [6.07, 6.45) is -1.94. The molecular formula is C23H29F4N7O. The molecule has 0 saturated heterocycles. The number of aryl methyl sites for hydroxylation is 3. The molecule has 8 nitrogen and oxygen atoms in total. The second-order valence-electron chi connectivity index (χ2n) is 9.13. The predicted molar refractivity (Wildman–Crippen MR) is 121 cm³/mol. The summed E-state index contributed by atoms with van der Waals surface area (Å²) >= 11 is 0. The number of alkyl halides is 4. The number of pyridine rings is 1. The lowest BCUT2D eigenvalue weighted by atomic mass is 9.83. The van der Waals surface area contributed by atoms with Gasteiger partial charge in [-0.25, -0.2) is 9.37 Å². The van der Waals surface area contributed by atoms with Crippen molar-refractivity contribution in [3.8, 4) is 5.88 Å². The second-order valence-corrected chi connectivity index (χ2v) is 9.13. The highest BCUT2D eigenvalue weighted by Gasteiger charge is 2.31. The fourth-order valence-corrected chi connectivity index (χ4v) is 4.24. The van der Waals surface area contributed by atoms with Gasteiger partial charge in [0.15, 0.2) is 12.4 Å². The zero-order chi connectivity index (χ0) is 25.2. The highest BCUT2D eigenvalue weighted by Crippen LogP contribution is 2.31. The third-order valence-electron chi connectivity index (χ3n) is 6.06. The third-order valence-corrected chi connectivity index (χ3v) is 6.06. The van der Waals surface area contributed by atoms with Gasteiger partial charge in [-0.1, -0.05) is 6.07 Å². The highest BCUT2D eigenvalue weighted by atomic mass is 19.4. The summed E-state index contributed by atoms with van der Waals surface area (Å²) < 4.78 is 58.9. The maximum atomic E-state index is 13.3. The van der Waals surface area contributed by atoms with Gasteiger partial charge in [0.2, 0.25) is 11.8 Å². The summed E-state index contributed by atoms with van der Waals surface area (Å²) in [6.45, 7) is 4.19. The van der Waals surface area contributed by atoms with Crippen LogP contribution in [0.3, 0.4) is 0 Å². The minimum absolute atomic E-state index is 0.0762. The van der Waals surface area contributed by atoms with E-state index in [0.717, 1.165) is 22.8 Å². The number of halogens is 4. The number of nitrogens with zero attached hydrogens (tertiary/aromatic N) is 7. The molecule has 1 aliphatic rings. The summed E-state index contributed by atoms with van der Waals surface area (Å²) in [6, 6.07) is 5.12. The minimum atomic E-state index is -4.41. The number of ether oxygens (including phenoxy) is 1. The van der Waals surface area contributed by atoms with Crippen molar-refractivity contribution in [3.63, 3.8) is 0 Å². The van der Waals surface area contributed by atoms with E-state index in [1.54, 1.807) is 6.07 Å². The average molecular weight is 496 g/mol. The van der Waals surface area contributed by atoms with Crippen molar-refractivity contribution >= 4 is 5.95 Å². The zero-order valence-electron chi connectivity index (χ0n) is 20.0. The molecule has 190 valence electrons. The summed E-state index contributed by atoms with van der Waals surface area (Å²) in [5.41, 5.74) is 2.76. The summed E-state index contributed by atoms with van der Waals surface area (Å²) in [5.74, 6) is 1.62. The van der Waals surface area contributed by atoms with Gasteiger partial charge in [0.1, 0.15) is 12.7 Å². The molecule has 4 rings (SSSR count). The molecule has 35 heavy (non-hydrogen) atoms. The van der Waals surface area contributed by atoms with Crippen molar-refractivity contribution in [2.75, 3.05) is 25.1 Å². The quantitative estimate of drug-likeness (QED) is 0.397. The van der Waals surface area contributed by atoms with Crippen molar-refractivity contribution in [2.24, 2.45) is 5.92 Å². The van der Waals surface area contributed by atoms with Gasteiger partial charge >= 0.3 is 6.18 Å². The van der Waals surface area contributed by atoms with Crippen LogP contribution in [0.2, 0.25) is 0 Å². The van der Waals surface area contributed by atoms with Crippen LogP contribution in [0.1, 0.15) is 35.6 Å². The van der Waals surface area contributed by atoms with E-state index in [0.29, 0.717) is 44.8 Å². The summed E-state index contributed by atoms with van der Waals surface area (Å²) in [7, 11) is 1.92. The molecule has 1 aliphatic carbocycles. The molecule has 0 aromatic carbocycles. The van der Waals surface area contributed by atoms with Gasteiger partial charge in [-0.2, -0.15) is 18.3 Å². The Morgan fingerprint density at radius 3 is 2.54 bits per heavy atom. The lowest BCUT2D eigenvalue weighted by Gasteiger charge is -2.33. The topological polar surface area (TPSA) is 73.9 Å². The van der Waals surface area contributed by atoms with Crippen molar-refractivity contribution < 1.29 is 22.3 Å². The SMILES string of the molecule is Cc1cc(C)n(Cc2nnc(N(C)CC3CC(F)C3)n2CCc2ccc(OCC(F)(F)F)nc2)n1. The van der Waals surface area contributed by atoms with E-state index in [2.05, 4.69) is 25.0 Å². The lowest BCUT2D eigenvalue weighted by molar-refractivity contribution is -0.154. The van der Waals surface area contributed by atoms with E-state index in [1.165, 1.54) is 12.3 Å². The Bertz CT molecular complexity index is 1120. The zero-order valence-corrected chi connectivity index (χ0v) is 20.0. The molecule has 0 aliphatic heterocycles. The van der Waals surface area contributed by atoms with Crippen LogP contribution in [-0.2, 0) is 19.5 Å². The number of aromatic nitrogens is 6. The molecule has 12 heteroatoms. The predicted octanol–water partition coefficient (Wildman–Crippen LogP) is 3.90. The van der Waals surface area contributed by atoms with E-state index in [4.69, 9.17) is 0 Å². The Kier molecular flexibility index (Phi) is 7.27. The first-order valence-corrected chi connectivity index (χ1v) is 11.5. The molecule has 0 unspecified atom stereocenters. The van der Waals surface area contributed by atoms with Gasteiger partial charge in [-0.05, 0) is 50.7 Å². The van der Waals surface area contributed by atoms with Crippen LogP contribution < -0.4 is 9.64 Å². The number of anilines is 1. The normalized spacial score (nSPS) is 17.9. The van der Waals surface area contributed by atoms with Gasteiger partial charge < -0.3 is 9.64 Å². The molecule has 0 spiro atoms. The van der Waals surface area contributed by atoms with Crippen LogP contribution >= 0.6 is 0 Å². The first kappa shape index (κ1) is 24.9. The van der Waals surface area contributed by atoms with Gasteiger partial charge in [0.25, 0.3) is 0 Å².